The Morgan fingerprint density at radius 3 is 1.83 bits per heavy atom. The molecular formula is C33H30Br2O6S. The topological polar surface area (TPSA) is 63.2 Å². The van der Waals surface area contributed by atoms with E-state index in [0.717, 1.165) is 25.6 Å². The molecule has 0 aliphatic carbocycles. The predicted molar refractivity (Wildman–Crippen MR) is 167 cm³/mol. The quantitative estimate of drug-likeness (QED) is 0.181. The normalized spacial score (nSPS) is 26.3. The average molecular weight is 714 g/mol. The van der Waals surface area contributed by atoms with Gasteiger partial charge in [-0.3, -0.25) is 4.21 Å². The van der Waals surface area contributed by atoms with Gasteiger partial charge in [0.2, 0.25) is 0 Å². The summed E-state index contributed by atoms with van der Waals surface area (Å²) in [5.41, 5.74) is 2.08. The van der Waals surface area contributed by atoms with Gasteiger partial charge in [-0.15, -0.1) is 0 Å². The first kappa shape index (κ1) is 29.8. The van der Waals surface area contributed by atoms with E-state index in [1.165, 1.54) is 0 Å². The number of halogens is 2. The lowest BCUT2D eigenvalue weighted by molar-refractivity contribution is -0.330. The van der Waals surface area contributed by atoms with Gasteiger partial charge in [0, 0.05) is 19.4 Å². The summed E-state index contributed by atoms with van der Waals surface area (Å²) in [6.45, 7) is 0.881. The van der Waals surface area contributed by atoms with E-state index in [4.69, 9.17) is 23.7 Å². The fourth-order valence-corrected chi connectivity index (χ4v) is 7.04. The Labute approximate surface area is 265 Å². The van der Waals surface area contributed by atoms with Crippen molar-refractivity contribution in [2.24, 2.45) is 0 Å². The van der Waals surface area contributed by atoms with Crippen molar-refractivity contribution < 1.29 is 27.9 Å². The van der Waals surface area contributed by atoms with Crippen LogP contribution in [-0.2, 0) is 47.7 Å². The number of ether oxygens (including phenoxy) is 5. The zero-order valence-electron chi connectivity index (χ0n) is 22.6. The maximum atomic E-state index is 14.0. The Morgan fingerprint density at radius 1 is 0.690 bits per heavy atom. The Kier molecular flexibility index (Phi) is 9.98. The van der Waals surface area contributed by atoms with Crippen LogP contribution in [0.4, 0.5) is 0 Å². The summed E-state index contributed by atoms with van der Waals surface area (Å²) in [5.74, 6) is 0. The number of hydrogen-bond donors (Lipinski definition) is 0. The average Bonchev–Trinajstić information content (AvgIpc) is 3.04. The van der Waals surface area contributed by atoms with Gasteiger partial charge in [-0.2, -0.15) is 0 Å². The minimum Gasteiger partial charge on any atom is -0.368 e. The largest absolute Gasteiger partial charge is 0.368 e. The molecule has 0 spiro atoms. The molecule has 0 N–H and O–H groups in total. The van der Waals surface area contributed by atoms with E-state index >= 15 is 0 Å². The van der Waals surface area contributed by atoms with Gasteiger partial charge >= 0.3 is 0 Å². The summed E-state index contributed by atoms with van der Waals surface area (Å²) >= 11 is 7.00. The van der Waals surface area contributed by atoms with Crippen LogP contribution in [0.1, 0.15) is 23.0 Å². The molecule has 42 heavy (non-hydrogen) atoms. The Morgan fingerprint density at radius 2 is 1.24 bits per heavy atom. The van der Waals surface area contributed by atoms with Gasteiger partial charge in [0.05, 0.1) is 30.6 Å². The van der Waals surface area contributed by atoms with E-state index in [-0.39, 0.29) is 13.2 Å². The fourth-order valence-electron chi connectivity index (χ4n) is 5.10. The van der Waals surface area contributed by atoms with Crippen molar-refractivity contribution in [3.05, 3.63) is 135 Å². The van der Waals surface area contributed by atoms with Crippen molar-refractivity contribution in [2.75, 3.05) is 6.61 Å². The second-order valence-electron chi connectivity index (χ2n) is 10.1. The van der Waals surface area contributed by atoms with Crippen LogP contribution in [0.2, 0.25) is 0 Å². The molecule has 6 nitrogen and oxygen atoms in total. The fraction of sp³-hybridized carbons (Fsp3) is 0.273. The number of fused-ring (bicyclic) bond motifs is 1. The third-order valence-electron chi connectivity index (χ3n) is 7.25. The molecule has 0 radical (unpaired) electrons. The van der Waals surface area contributed by atoms with Crippen LogP contribution in [0.3, 0.4) is 0 Å². The highest BCUT2D eigenvalue weighted by Gasteiger charge is 2.53. The van der Waals surface area contributed by atoms with Gasteiger partial charge in [0.1, 0.15) is 24.4 Å². The second kappa shape index (κ2) is 14.1. The highest BCUT2D eigenvalue weighted by molar-refractivity contribution is 9.10. The van der Waals surface area contributed by atoms with E-state index in [1.807, 2.05) is 109 Å². The SMILES string of the molecule is O=S(c1ccccc1)[C@H]1O[C@@H]2COC(c3ccccc3)O[C@H]2[C@H](OCc2ccc(Br)cc2)[C@@H]1OCc1ccc(Br)cc1. The van der Waals surface area contributed by atoms with E-state index in [9.17, 15) is 4.21 Å². The van der Waals surface area contributed by atoms with Gasteiger partial charge < -0.3 is 23.7 Å². The number of benzene rings is 4. The van der Waals surface area contributed by atoms with E-state index in [1.54, 1.807) is 0 Å². The lowest BCUT2D eigenvalue weighted by atomic mass is 9.98. The van der Waals surface area contributed by atoms with Crippen molar-refractivity contribution in [1.29, 1.82) is 0 Å². The molecule has 0 amide bonds. The summed E-state index contributed by atoms with van der Waals surface area (Å²) in [5, 5.41) is 0. The standard InChI is InChI=1S/C33H30Br2O6S/c34-25-15-11-22(12-16-25)19-37-30-29-28(21-39-32(41-29)24-7-3-1-4-8-24)40-33(42(36)27-9-5-2-6-10-27)31(30)38-20-23-13-17-26(35)18-14-23/h1-18,28-33H,19-21H2/t28-,29-,30+,31+,32?,33-,42?/m1/s1. The molecule has 9 heteroatoms. The third kappa shape index (κ3) is 7.11. The van der Waals surface area contributed by atoms with Crippen molar-refractivity contribution in [3.63, 3.8) is 0 Å². The van der Waals surface area contributed by atoms with E-state index < -0.39 is 46.9 Å². The zero-order valence-corrected chi connectivity index (χ0v) is 26.6. The molecule has 7 atom stereocenters. The van der Waals surface area contributed by atoms with E-state index in [2.05, 4.69) is 31.9 Å². The van der Waals surface area contributed by atoms with E-state index in [0.29, 0.717) is 11.5 Å². The Hall–Kier alpha value is -2.21. The summed E-state index contributed by atoms with van der Waals surface area (Å²) in [7, 11) is -1.55. The van der Waals surface area contributed by atoms with Crippen LogP contribution in [0, 0.1) is 0 Å². The van der Waals surface area contributed by atoms with Gasteiger partial charge in [0.25, 0.3) is 0 Å². The van der Waals surface area contributed by atoms with Gasteiger partial charge in [-0.1, -0.05) is 105 Å². The van der Waals surface area contributed by atoms with Gasteiger partial charge in [-0.05, 0) is 47.5 Å². The maximum absolute atomic E-state index is 14.0. The van der Waals surface area contributed by atoms with Crippen molar-refractivity contribution in [3.8, 4) is 0 Å². The summed E-state index contributed by atoms with van der Waals surface area (Å²) in [6, 6.07) is 35.1. The summed E-state index contributed by atoms with van der Waals surface area (Å²) < 4.78 is 48.5. The molecule has 2 unspecified atom stereocenters. The first-order valence-corrected chi connectivity index (χ1v) is 16.5. The molecule has 0 aromatic heterocycles. The molecule has 218 valence electrons. The molecule has 2 aliphatic heterocycles. The molecule has 4 aromatic carbocycles. The van der Waals surface area contributed by atoms with Crippen LogP contribution >= 0.6 is 31.9 Å². The first-order valence-electron chi connectivity index (χ1n) is 13.7. The minimum atomic E-state index is -1.55. The molecule has 4 aromatic rings. The van der Waals surface area contributed by atoms with Crippen LogP contribution in [-0.4, -0.2) is 40.7 Å². The third-order valence-corrected chi connectivity index (χ3v) is 9.85. The highest BCUT2D eigenvalue weighted by atomic mass is 79.9. The zero-order chi connectivity index (χ0) is 28.9. The maximum Gasteiger partial charge on any atom is 0.184 e. The Bertz CT molecular complexity index is 1460. The molecule has 0 bridgehead atoms. The van der Waals surface area contributed by atoms with Gasteiger partial charge in [-0.25, -0.2) is 0 Å². The summed E-state index contributed by atoms with van der Waals surface area (Å²) in [4.78, 5) is 0.657. The second-order valence-corrected chi connectivity index (χ2v) is 13.5. The smallest absolute Gasteiger partial charge is 0.184 e. The molecular weight excluding hydrogens is 684 g/mol. The van der Waals surface area contributed by atoms with Crippen molar-refractivity contribution >= 4 is 42.7 Å². The number of hydrogen-bond acceptors (Lipinski definition) is 6. The van der Waals surface area contributed by atoms with Gasteiger partial charge in [0.15, 0.2) is 11.7 Å². The minimum absolute atomic E-state index is 0.268. The van der Waals surface area contributed by atoms with Crippen molar-refractivity contribution in [1.82, 2.24) is 0 Å². The lowest BCUT2D eigenvalue weighted by Gasteiger charge is -2.49. The predicted octanol–water partition coefficient (Wildman–Crippen LogP) is 7.33. The van der Waals surface area contributed by atoms with Crippen molar-refractivity contribution in [2.45, 2.75) is 54.3 Å². The van der Waals surface area contributed by atoms with Crippen LogP contribution in [0.5, 0.6) is 0 Å². The molecule has 2 aliphatic rings. The molecule has 2 saturated heterocycles. The highest BCUT2D eigenvalue weighted by Crippen LogP contribution is 2.38. The molecule has 6 rings (SSSR count). The first-order chi connectivity index (χ1) is 20.5. The Balaban J connectivity index is 1.33. The van der Waals surface area contributed by atoms with Crippen LogP contribution < -0.4 is 0 Å². The molecule has 0 saturated carbocycles. The monoisotopic (exact) mass is 712 g/mol. The lowest BCUT2D eigenvalue weighted by Crippen LogP contribution is -2.63. The van der Waals surface area contributed by atoms with Crippen LogP contribution in [0.25, 0.3) is 0 Å². The molecule has 2 fully saturated rings. The summed E-state index contributed by atoms with van der Waals surface area (Å²) in [6.07, 6.45) is -2.88. The molecule has 2 heterocycles. The van der Waals surface area contributed by atoms with Crippen LogP contribution in [0.15, 0.2) is 123 Å². The number of rotatable bonds is 9.